The van der Waals surface area contributed by atoms with Crippen LogP contribution in [0.15, 0.2) is 341 Å². The maximum absolute atomic E-state index is 12.6. The summed E-state index contributed by atoms with van der Waals surface area (Å²) in [4.78, 5) is 39.7. The van der Waals surface area contributed by atoms with Gasteiger partial charge in [-0.2, -0.15) is 35.0 Å². The van der Waals surface area contributed by atoms with E-state index in [1.54, 1.807) is 32.0 Å². The van der Waals surface area contributed by atoms with Crippen molar-refractivity contribution < 1.29 is 144 Å². The molecule has 12 aromatic carbocycles. The second kappa shape index (κ2) is 53.7. The van der Waals surface area contributed by atoms with Gasteiger partial charge in [0.2, 0.25) is 0 Å². The Morgan fingerprint density at radius 1 is 0.371 bits per heavy atom. The van der Waals surface area contributed by atoms with Crippen LogP contribution < -0.4 is 50.7 Å². The van der Waals surface area contributed by atoms with E-state index in [1.165, 1.54) is 112 Å². The van der Waals surface area contributed by atoms with Crippen LogP contribution in [0.2, 0.25) is 0 Å². The zero-order chi connectivity index (χ0) is 104. The molecule has 0 aliphatic carbocycles. The number of ether oxygens (including phenoxy) is 4. The largest absolute Gasteiger partial charge is 0.691 e. The number of rotatable bonds is 33. The summed E-state index contributed by atoms with van der Waals surface area (Å²) >= 11 is 0.760. The Morgan fingerprint density at radius 3 is 1.05 bits per heavy atom. The lowest BCUT2D eigenvalue weighted by Crippen LogP contribution is -3.61. The van der Waals surface area contributed by atoms with Crippen LogP contribution in [0.1, 0.15) is 215 Å². The zero-order valence-corrected chi connectivity index (χ0v) is 88.0. The van der Waals surface area contributed by atoms with Crippen molar-refractivity contribution in [2.24, 2.45) is 10.8 Å². The molecule has 0 aliphatic rings. The highest BCUT2D eigenvalue weighted by Gasteiger charge is 2.40. The van der Waals surface area contributed by atoms with Gasteiger partial charge in [0.1, 0.15) is 23.0 Å². The fourth-order valence-electron chi connectivity index (χ4n) is 12.2. The van der Waals surface area contributed by atoms with Crippen molar-refractivity contribution in [1.29, 1.82) is 0 Å². The molecule has 140 heavy (non-hydrogen) atoms. The molecule has 0 aromatic heterocycles. The Balaban J connectivity index is 0.000000230. The number of hydrogen-bond acceptors (Lipinski definition) is 23. The van der Waals surface area contributed by atoms with E-state index in [4.69, 9.17) is 18.9 Å². The molecule has 12 aromatic rings. The Labute approximate surface area is 837 Å². The molecular formula is C105H113F6IO21S7. The summed E-state index contributed by atoms with van der Waals surface area (Å²) in [7, 11) is -17.1. The van der Waals surface area contributed by atoms with E-state index in [9.17, 15) is 84.9 Å². The number of alkyl halides is 6. The third-order valence-corrected chi connectivity index (χ3v) is 38.5. The van der Waals surface area contributed by atoms with Crippen LogP contribution in [0.5, 0.6) is 23.0 Å². The number of methoxy groups -OCH3 is 1. The van der Waals surface area contributed by atoms with Crippen molar-refractivity contribution in [3.8, 4) is 23.0 Å². The highest BCUT2D eigenvalue weighted by atomic mass is 127. The molecule has 0 bridgehead atoms. The van der Waals surface area contributed by atoms with E-state index >= 15 is 0 Å². The van der Waals surface area contributed by atoms with Gasteiger partial charge in [0, 0.05) is 9.79 Å². The van der Waals surface area contributed by atoms with Crippen molar-refractivity contribution in [2.75, 3.05) is 7.11 Å². The van der Waals surface area contributed by atoms with Gasteiger partial charge in [-0.3, -0.25) is 19.7 Å². The first-order chi connectivity index (χ1) is 65.9. The van der Waals surface area contributed by atoms with E-state index in [-0.39, 0.29) is 82.6 Å². The average molecular weight is 2180 g/mol. The average Bonchev–Trinajstić information content (AvgIpc) is 0.763. The fourth-order valence-corrected chi connectivity index (χ4v) is 25.1. The molecule has 0 spiro atoms. The quantitative estimate of drug-likeness (QED) is 0.00424. The van der Waals surface area contributed by atoms with Crippen LogP contribution >= 0.6 is 24.1 Å². The van der Waals surface area contributed by atoms with Crippen molar-refractivity contribution in [2.45, 2.75) is 222 Å². The first-order valence-corrected chi connectivity index (χ1v) is 55.9. The van der Waals surface area contributed by atoms with Gasteiger partial charge in [0.15, 0.2) is 21.8 Å². The van der Waals surface area contributed by atoms with Crippen LogP contribution in [0.4, 0.5) is 26.3 Å². The first kappa shape index (κ1) is 117. The molecule has 0 amide bonds. The van der Waals surface area contributed by atoms with E-state index in [1.807, 2.05) is 108 Å². The maximum atomic E-state index is 12.6. The van der Waals surface area contributed by atoms with Crippen LogP contribution in [-0.2, 0) is 87.1 Å². The number of esters is 3. The molecule has 2 atom stereocenters. The molecule has 0 radical (unpaired) electrons. The normalized spacial score (nSPS) is 12.3. The standard InChI is InChI=1S/C24H25O2S.C23H22IO2.C19H22O7S2.C16H18O4S2.C15H24O3S.C8H4F6O3S/c1-4-24(2,3)23(25)26-19-15-17-22(18-16-19)27(20-11-7-5-8-12-20)21-13-9-6-10-14-21;1-3-17(2)18-9-11-19(12-10-18)23(25)26-22-15-13-21(14-16-22)24-20-7-5-4-6-8-20;1-5-19(2,3)18(20)26-15-8-12-17(13-9-15)28(23,24)27(21,22)16-10-6-14(25-4)7-11-16;1-3-13(2)14-9-11-16(12-10-14)22(19,20)21(17,18)15-7-5-4-6-8-15;1-9(2)12-7-13(10(3)4)15(19-18-17-16)14(8-12)11(5)6;9-7(10,11)4-1-5(8(12,13)14)3-6(2-4)18-17-16-15/h5-18H,4H2,1-3H3;4-17H,3H2,1-2H3;6-13H,5H2,1-4H3;4-13H,3H2,1-2H3;7-11,16H,1-6H3;1-3,15H/q2*+1;;;;/p-2. The third kappa shape index (κ3) is 33.4. The summed E-state index contributed by atoms with van der Waals surface area (Å²) < 4.78 is 206. The molecule has 0 heterocycles. The second-order valence-corrected chi connectivity index (χ2v) is 51.0. The van der Waals surface area contributed by atoms with E-state index in [0.29, 0.717) is 71.0 Å². The Morgan fingerprint density at radius 2 is 0.693 bits per heavy atom. The van der Waals surface area contributed by atoms with Crippen molar-refractivity contribution in [1.82, 2.24) is 0 Å². The summed E-state index contributed by atoms with van der Waals surface area (Å²) in [5, 5.41) is 25.9. The van der Waals surface area contributed by atoms with Gasteiger partial charge in [0.05, 0.1) is 89.2 Å². The lowest BCUT2D eigenvalue weighted by Gasteiger charge is -2.21. The van der Waals surface area contributed by atoms with Crippen LogP contribution in [-0.4, -0.2) is 58.7 Å². The minimum atomic E-state index is -4.95. The van der Waals surface area contributed by atoms with Crippen molar-refractivity contribution in [3.63, 3.8) is 0 Å². The van der Waals surface area contributed by atoms with Crippen LogP contribution in [0.3, 0.4) is 0 Å². The summed E-state index contributed by atoms with van der Waals surface area (Å²) in [6.45, 7) is 32.5. The Bertz CT molecular complexity index is 6340. The van der Waals surface area contributed by atoms with E-state index in [0.717, 1.165) is 66.0 Å². The summed E-state index contributed by atoms with van der Waals surface area (Å²) in [5.74, 6) is 2.75. The van der Waals surface area contributed by atoms with Gasteiger partial charge in [0.25, 0.3) is 35.5 Å². The van der Waals surface area contributed by atoms with Gasteiger partial charge in [-0.1, -0.05) is 192 Å². The highest BCUT2D eigenvalue weighted by molar-refractivity contribution is 8.67. The highest BCUT2D eigenvalue weighted by Crippen LogP contribution is 2.42. The zero-order valence-electron chi connectivity index (χ0n) is 80.1. The van der Waals surface area contributed by atoms with Crippen LogP contribution in [0, 0.1) is 18.0 Å². The second-order valence-electron chi connectivity index (χ2n) is 33.7. The molecule has 0 fully saturated rings. The van der Waals surface area contributed by atoms with E-state index in [2.05, 4.69) is 183 Å². The van der Waals surface area contributed by atoms with Gasteiger partial charge < -0.3 is 29.5 Å². The molecule has 0 saturated carbocycles. The lowest BCUT2D eigenvalue weighted by atomic mass is 9.89. The molecular weight excluding hydrogens is 2060 g/mol. The predicted molar refractivity (Wildman–Crippen MR) is 522 cm³/mol. The number of halogens is 7. The molecule has 750 valence electrons. The third-order valence-electron chi connectivity index (χ3n) is 22.0. The molecule has 35 heteroatoms. The molecule has 0 N–H and O–H groups in total. The number of carbonyl (C=O) groups is 3. The molecule has 12 rings (SSSR count). The topological polar surface area (TPSA) is 308 Å². The van der Waals surface area contributed by atoms with Gasteiger partial charge >= 0.3 is 51.5 Å². The van der Waals surface area contributed by atoms with Crippen molar-refractivity contribution in [3.05, 3.63) is 349 Å². The maximum Gasteiger partial charge on any atom is 0.416 e. The van der Waals surface area contributed by atoms with Gasteiger partial charge in [-0.05, 0) is 299 Å². The monoisotopic (exact) mass is 2170 g/mol. The summed E-state index contributed by atoms with van der Waals surface area (Å²) in [6.07, 6.45) is -6.58. The number of carbonyl (C=O) groups excluding carboxylic acids is 3. The molecule has 0 aliphatic heterocycles. The predicted octanol–water partition coefficient (Wildman–Crippen LogP) is 22.5. The van der Waals surface area contributed by atoms with Crippen molar-refractivity contribution >= 4 is 88.4 Å². The number of hydrogen-bond donors (Lipinski definition) is 0. The smallest absolute Gasteiger partial charge is 0.416 e. The Hall–Kier alpha value is -10.2. The molecule has 2 unspecified atom stereocenters. The van der Waals surface area contributed by atoms with Gasteiger partial charge in [-0.25, -0.2) is 38.5 Å². The fraction of sp³-hybridized carbons (Fsp3) is 0.286. The van der Waals surface area contributed by atoms with E-state index < -0.39 is 85.5 Å². The Kier molecular flexibility index (Phi) is 44.8. The molecule has 21 nitrogen and oxygen atoms in total. The SMILES string of the molecule is CC(C)c1cc(C(C)C)c(SOO[O-])c(C(C)C)c1.CCC(C)(C)C(=O)Oc1ccc(S(=O)(=O)S(=O)(=O)c2ccc(OC)cc2)cc1.CCC(C)(C)C(=O)Oc1ccc([S+](c2ccccc2)c2ccccc2)cc1.CCC(C)c1ccc(C(=O)Oc2ccc([I+]c3ccccc3)cc2)cc1.CCC(C)c1ccc(S(=O)(=O)S(=O)(=O)c2ccccc2)cc1.[O-]OOSc1cc(C(F)(F)F)cc(C(F)(F)F)c1. The van der Waals surface area contributed by atoms with Crippen LogP contribution in [0.25, 0.3) is 0 Å². The van der Waals surface area contributed by atoms with Gasteiger partial charge in [-0.15, -0.1) is 0 Å². The summed E-state index contributed by atoms with van der Waals surface area (Å²) in [5.41, 5.74) is 2.37. The molecule has 0 saturated heterocycles. The summed E-state index contributed by atoms with van der Waals surface area (Å²) in [6, 6.07) is 83.1. The minimum absolute atomic E-state index is 0.0396. The number of benzene rings is 12. The lowest BCUT2D eigenvalue weighted by molar-refractivity contribution is -0.777. The minimum Gasteiger partial charge on any atom is -0.691 e. The first-order valence-electron chi connectivity index (χ1n) is 44.1.